The maximum absolute atomic E-state index is 12.4. The molecule has 1 amide bonds. The van der Waals surface area contributed by atoms with Crippen molar-refractivity contribution >= 4 is 11.9 Å². The van der Waals surface area contributed by atoms with Crippen molar-refractivity contribution in [3.63, 3.8) is 0 Å². The number of carbonyl (C=O) groups is 1. The predicted octanol–water partition coefficient (Wildman–Crippen LogP) is 0.448. The molecule has 1 saturated heterocycles. The Bertz CT molecular complexity index is 476. The van der Waals surface area contributed by atoms with Gasteiger partial charge in [0.2, 0.25) is 5.95 Å². The van der Waals surface area contributed by atoms with Crippen molar-refractivity contribution in [2.45, 2.75) is 25.9 Å². The van der Waals surface area contributed by atoms with Crippen LogP contribution in [0.1, 0.15) is 28.9 Å². The number of likely N-dealkylation sites (tertiary alicyclic amines) is 1. The summed E-state index contributed by atoms with van der Waals surface area (Å²) in [5.41, 5.74) is 1.18. The van der Waals surface area contributed by atoms with Crippen molar-refractivity contribution in [2.24, 2.45) is 0 Å². The van der Waals surface area contributed by atoms with Gasteiger partial charge in [-0.2, -0.15) is 0 Å². The maximum Gasteiger partial charge on any atom is 0.257 e. The maximum atomic E-state index is 12.4. The summed E-state index contributed by atoms with van der Waals surface area (Å²) in [6.45, 7) is 2.89. The number of aryl methyl sites for hydroxylation is 1. The van der Waals surface area contributed by atoms with Gasteiger partial charge in [0.1, 0.15) is 0 Å². The van der Waals surface area contributed by atoms with Gasteiger partial charge in [0.25, 0.3) is 5.91 Å². The molecule has 0 bridgehead atoms. The van der Waals surface area contributed by atoms with Crippen molar-refractivity contribution in [2.75, 3.05) is 32.1 Å². The third kappa shape index (κ3) is 3.01. The number of nitrogens with zero attached hydrogens (tertiary/aromatic N) is 4. The molecule has 19 heavy (non-hydrogen) atoms. The first-order chi connectivity index (χ1) is 8.99. The number of rotatable bonds is 2. The van der Waals surface area contributed by atoms with E-state index in [-0.39, 0.29) is 5.91 Å². The zero-order valence-electron chi connectivity index (χ0n) is 11.6. The third-order valence-electron chi connectivity index (χ3n) is 3.28. The van der Waals surface area contributed by atoms with E-state index in [1.165, 1.54) is 0 Å². The molecule has 0 aliphatic carbocycles. The van der Waals surface area contributed by atoms with E-state index in [0.29, 0.717) is 30.3 Å². The SMILES string of the molecule is Cc1nc(N(C)C)ncc1C(=O)N1CCC[C@@H](O)C1. The number of anilines is 1. The van der Waals surface area contributed by atoms with E-state index in [2.05, 4.69) is 9.97 Å². The van der Waals surface area contributed by atoms with Gasteiger partial charge in [-0.15, -0.1) is 0 Å². The van der Waals surface area contributed by atoms with Crippen LogP contribution in [0.4, 0.5) is 5.95 Å². The number of amides is 1. The van der Waals surface area contributed by atoms with E-state index in [4.69, 9.17) is 0 Å². The molecule has 2 heterocycles. The van der Waals surface area contributed by atoms with Gasteiger partial charge in [0.15, 0.2) is 0 Å². The monoisotopic (exact) mass is 264 g/mol. The van der Waals surface area contributed by atoms with Gasteiger partial charge < -0.3 is 14.9 Å². The Morgan fingerprint density at radius 3 is 2.84 bits per heavy atom. The van der Waals surface area contributed by atoms with Gasteiger partial charge in [-0.3, -0.25) is 4.79 Å². The first kappa shape index (κ1) is 13.7. The van der Waals surface area contributed by atoms with Crippen LogP contribution in [0.2, 0.25) is 0 Å². The van der Waals surface area contributed by atoms with Crippen LogP contribution in [0, 0.1) is 6.92 Å². The number of aliphatic hydroxyl groups is 1. The van der Waals surface area contributed by atoms with E-state index >= 15 is 0 Å². The van der Waals surface area contributed by atoms with Gasteiger partial charge in [-0.1, -0.05) is 0 Å². The molecule has 1 aliphatic heterocycles. The highest BCUT2D eigenvalue weighted by Crippen LogP contribution is 2.16. The van der Waals surface area contributed by atoms with Crippen LogP contribution in [-0.4, -0.2) is 59.2 Å². The Morgan fingerprint density at radius 2 is 2.26 bits per heavy atom. The molecule has 1 aliphatic rings. The number of hydrogen-bond donors (Lipinski definition) is 1. The van der Waals surface area contributed by atoms with Crippen molar-refractivity contribution in [3.8, 4) is 0 Å². The van der Waals surface area contributed by atoms with Crippen LogP contribution in [0.25, 0.3) is 0 Å². The highest BCUT2D eigenvalue weighted by Gasteiger charge is 2.24. The highest BCUT2D eigenvalue weighted by molar-refractivity contribution is 5.95. The topological polar surface area (TPSA) is 69.6 Å². The Kier molecular flexibility index (Phi) is 3.99. The fraction of sp³-hybridized carbons (Fsp3) is 0.615. The van der Waals surface area contributed by atoms with Crippen LogP contribution < -0.4 is 4.90 Å². The Balaban J connectivity index is 2.19. The first-order valence-electron chi connectivity index (χ1n) is 6.47. The van der Waals surface area contributed by atoms with Crippen LogP contribution in [0.3, 0.4) is 0 Å². The number of β-amino-alcohol motifs (C(OH)–C–C–N with tert-alkyl or cyclic N) is 1. The summed E-state index contributed by atoms with van der Waals surface area (Å²) in [6.07, 6.45) is 2.75. The summed E-state index contributed by atoms with van der Waals surface area (Å²) < 4.78 is 0. The smallest absolute Gasteiger partial charge is 0.257 e. The summed E-state index contributed by atoms with van der Waals surface area (Å²) in [5, 5.41) is 9.63. The molecule has 0 unspecified atom stereocenters. The van der Waals surface area contributed by atoms with Gasteiger partial charge in [-0.25, -0.2) is 9.97 Å². The summed E-state index contributed by atoms with van der Waals surface area (Å²) in [6, 6.07) is 0. The van der Waals surface area contributed by atoms with Crippen LogP contribution in [0.5, 0.6) is 0 Å². The fourth-order valence-electron chi connectivity index (χ4n) is 2.19. The zero-order valence-corrected chi connectivity index (χ0v) is 11.6. The second-order valence-electron chi connectivity index (χ2n) is 5.11. The lowest BCUT2D eigenvalue weighted by molar-refractivity contribution is 0.0472. The molecule has 0 spiro atoms. The second-order valence-corrected chi connectivity index (χ2v) is 5.11. The van der Waals surface area contributed by atoms with Crippen molar-refractivity contribution < 1.29 is 9.90 Å². The van der Waals surface area contributed by atoms with E-state index in [1.54, 1.807) is 16.0 Å². The molecule has 1 fully saturated rings. The molecule has 2 rings (SSSR count). The van der Waals surface area contributed by atoms with E-state index in [1.807, 2.05) is 21.0 Å². The summed E-state index contributed by atoms with van der Waals surface area (Å²) >= 11 is 0. The summed E-state index contributed by atoms with van der Waals surface area (Å²) in [7, 11) is 3.72. The van der Waals surface area contributed by atoms with Crippen molar-refractivity contribution in [1.82, 2.24) is 14.9 Å². The van der Waals surface area contributed by atoms with Gasteiger partial charge in [0.05, 0.1) is 17.4 Å². The average molecular weight is 264 g/mol. The predicted molar refractivity (Wildman–Crippen MR) is 72.2 cm³/mol. The Morgan fingerprint density at radius 1 is 1.53 bits per heavy atom. The third-order valence-corrected chi connectivity index (χ3v) is 3.28. The summed E-state index contributed by atoms with van der Waals surface area (Å²) in [4.78, 5) is 24.3. The minimum absolute atomic E-state index is 0.0958. The van der Waals surface area contributed by atoms with E-state index < -0.39 is 6.10 Å². The quantitative estimate of drug-likeness (QED) is 0.840. The van der Waals surface area contributed by atoms with Gasteiger partial charge in [-0.05, 0) is 19.8 Å². The molecule has 6 heteroatoms. The Hall–Kier alpha value is -1.69. The highest BCUT2D eigenvalue weighted by atomic mass is 16.3. The lowest BCUT2D eigenvalue weighted by Gasteiger charge is -2.30. The molecule has 0 saturated carbocycles. The number of hydrogen-bond acceptors (Lipinski definition) is 5. The minimum atomic E-state index is -0.417. The van der Waals surface area contributed by atoms with Crippen LogP contribution in [-0.2, 0) is 0 Å². The number of aliphatic hydroxyl groups excluding tert-OH is 1. The second kappa shape index (κ2) is 5.52. The fourth-order valence-corrected chi connectivity index (χ4v) is 2.19. The average Bonchev–Trinajstić information content (AvgIpc) is 2.37. The zero-order chi connectivity index (χ0) is 14.0. The van der Waals surface area contributed by atoms with E-state index in [0.717, 1.165) is 12.8 Å². The lowest BCUT2D eigenvalue weighted by atomic mass is 10.1. The van der Waals surface area contributed by atoms with Crippen molar-refractivity contribution in [1.29, 1.82) is 0 Å². The molecular weight excluding hydrogens is 244 g/mol. The standard InChI is InChI=1S/C13H20N4O2/c1-9-11(7-14-13(15-9)16(2)3)12(19)17-6-4-5-10(18)8-17/h7,10,18H,4-6,8H2,1-3H3/t10-/m1/s1. The first-order valence-corrected chi connectivity index (χ1v) is 6.47. The van der Waals surface area contributed by atoms with Crippen LogP contribution >= 0.6 is 0 Å². The number of piperidine rings is 1. The summed E-state index contributed by atoms with van der Waals surface area (Å²) in [5.74, 6) is 0.495. The number of aromatic nitrogens is 2. The van der Waals surface area contributed by atoms with Gasteiger partial charge >= 0.3 is 0 Å². The normalized spacial score (nSPS) is 19.4. The van der Waals surface area contributed by atoms with Crippen LogP contribution in [0.15, 0.2) is 6.20 Å². The lowest BCUT2D eigenvalue weighted by Crippen LogP contribution is -2.42. The molecule has 104 valence electrons. The van der Waals surface area contributed by atoms with Crippen molar-refractivity contribution in [3.05, 3.63) is 17.5 Å². The molecule has 1 N–H and O–H groups in total. The Labute approximate surface area is 113 Å². The largest absolute Gasteiger partial charge is 0.391 e. The molecule has 0 aromatic carbocycles. The molecular formula is C13H20N4O2. The number of carbonyl (C=O) groups excluding carboxylic acids is 1. The minimum Gasteiger partial charge on any atom is -0.391 e. The molecule has 1 aromatic heterocycles. The molecule has 0 radical (unpaired) electrons. The van der Waals surface area contributed by atoms with E-state index in [9.17, 15) is 9.90 Å². The molecule has 1 aromatic rings. The van der Waals surface area contributed by atoms with Gasteiger partial charge in [0, 0.05) is 33.4 Å². The molecule has 1 atom stereocenters. The molecule has 6 nitrogen and oxygen atoms in total.